The number of nitrogens with zero attached hydrogens (tertiary/aromatic N) is 1. The van der Waals surface area contributed by atoms with Crippen molar-refractivity contribution < 1.29 is 24.0 Å². The van der Waals surface area contributed by atoms with Crippen molar-refractivity contribution in [2.45, 2.75) is 6.92 Å². The third kappa shape index (κ3) is 3.87. The molecule has 0 atom stereocenters. The van der Waals surface area contributed by atoms with Gasteiger partial charge in [-0.2, -0.15) is 0 Å². The zero-order chi connectivity index (χ0) is 17.7. The molecule has 1 N–H and O–H groups in total. The number of esters is 1. The fraction of sp³-hybridized carbons (Fsp3) is 0.200. The Morgan fingerprint density at radius 3 is 2.67 bits per heavy atom. The predicted molar refractivity (Wildman–Crippen MR) is 87.9 cm³/mol. The molecule has 2 rings (SSSR count). The quantitative estimate of drug-likeness (QED) is 0.487. The van der Waals surface area contributed by atoms with E-state index in [4.69, 9.17) is 4.74 Å². The van der Waals surface area contributed by atoms with E-state index in [-0.39, 0.29) is 23.6 Å². The van der Waals surface area contributed by atoms with Crippen molar-refractivity contribution in [3.63, 3.8) is 0 Å². The highest BCUT2D eigenvalue weighted by atomic mass is 32.1. The number of thiophene rings is 1. The minimum atomic E-state index is -0.609. The van der Waals surface area contributed by atoms with E-state index < -0.39 is 16.8 Å². The summed E-state index contributed by atoms with van der Waals surface area (Å²) in [5.74, 6) is -0.931. The molecule has 0 bridgehead atoms. The highest BCUT2D eigenvalue weighted by molar-refractivity contribution is 7.18. The number of anilines is 1. The molecule has 0 unspecified atom stereocenters. The first-order valence-electron chi connectivity index (χ1n) is 6.87. The van der Waals surface area contributed by atoms with Gasteiger partial charge in [0.05, 0.1) is 23.6 Å². The molecule has 0 radical (unpaired) electrons. The van der Waals surface area contributed by atoms with Gasteiger partial charge in [0.15, 0.2) is 5.75 Å². The molecule has 0 saturated carbocycles. The lowest BCUT2D eigenvalue weighted by Crippen LogP contribution is -2.11. The zero-order valence-corrected chi connectivity index (χ0v) is 13.7. The molecule has 126 valence electrons. The third-order valence-electron chi connectivity index (χ3n) is 2.95. The number of nitro benzene ring substituents is 1. The van der Waals surface area contributed by atoms with Gasteiger partial charge in [0.25, 0.3) is 5.91 Å². The Bertz CT molecular complexity index is 786. The van der Waals surface area contributed by atoms with Crippen LogP contribution in [0.4, 0.5) is 10.7 Å². The van der Waals surface area contributed by atoms with Gasteiger partial charge in [-0.15, -0.1) is 11.3 Å². The van der Waals surface area contributed by atoms with Gasteiger partial charge in [-0.3, -0.25) is 14.9 Å². The van der Waals surface area contributed by atoms with Gasteiger partial charge in [-0.1, -0.05) is 0 Å². The highest BCUT2D eigenvalue weighted by Gasteiger charge is 2.19. The van der Waals surface area contributed by atoms with Gasteiger partial charge >= 0.3 is 11.7 Å². The van der Waals surface area contributed by atoms with Gasteiger partial charge in [0.2, 0.25) is 0 Å². The number of nitro groups is 1. The molecule has 24 heavy (non-hydrogen) atoms. The van der Waals surface area contributed by atoms with Gasteiger partial charge in [0, 0.05) is 11.6 Å². The van der Waals surface area contributed by atoms with E-state index in [1.54, 1.807) is 13.0 Å². The van der Waals surface area contributed by atoms with Crippen LogP contribution in [0, 0.1) is 10.1 Å². The summed E-state index contributed by atoms with van der Waals surface area (Å²) >= 11 is 1.05. The second-order valence-corrected chi connectivity index (χ2v) is 5.57. The summed E-state index contributed by atoms with van der Waals surface area (Å²) < 4.78 is 9.76. The first-order chi connectivity index (χ1) is 11.5. The Hall–Kier alpha value is -2.94. The molecule has 1 heterocycles. The lowest BCUT2D eigenvalue weighted by Gasteiger charge is -2.06. The van der Waals surface area contributed by atoms with Crippen molar-refractivity contribution in [2.75, 3.05) is 19.0 Å². The number of amides is 1. The maximum absolute atomic E-state index is 12.2. The molecule has 9 heteroatoms. The summed E-state index contributed by atoms with van der Waals surface area (Å²) in [5, 5.41) is 14.1. The number of nitrogens with one attached hydrogen (secondary N) is 1. The van der Waals surface area contributed by atoms with Crippen molar-refractivity contribution >= 4 is 33.9 Å². The van der Waals surface area contributed by atoms with Crippen LogP contribution in [0.5, 0.6) is 5.75 Å². The van der Waals surface area contributed by atoms with Crippen LogP contribution in [0.1, 0.15) is 27.0 Å². The van der Waals surface area contributed by atoms with E-state index >= 15 is 0 Å². The number of hydrogen-bond acceptors (Lipinski definition) is 7. The molecule has 0 aliphatic rings. The van der Waals surface area contributed by atoms with Crippen molar-refractivity contribution in [2.24, 2.45) is 0 Å². The molecule has 0 aliphatic heterocycles. The van der Waals surface area contributed by atoms with Crippen molar-refractivity contribution in [3.05, 3.63) is 50.9 Å². The van der Waals surface area contributed by atoms with Crippen LogP contribution in [0.25, 0.3) is 0 Å². The van der Waals surface area contributed by atoms with E-state index in [1.807, 2.05) is 0 Å². The largest absolute Gasteiger partial charge is 0.487 e. The zero-order valence-electron chi connectivity index (χ0n) is 12.9. The average Bonchev–Trinajstić information content (AvgIpc) is 3.03. The van der Waals surface area contributed by atoms with Gasteiger partial charge < -0.3 is 14.8 Å². The van der Waals surface area contributed by atoms with Crippen LogP contribution in [-0.4, -0.2) is 30.5 Å². The number of methoxy groups -OCH3 is 1. The molecule has 0 spiro atoms. The Balaban J connectivity index is 2.20. The number of rotatable bonds is 6. The number of carbonyl (C=O) groups excluding carboxylic acids is 2. The molecular weight excluding hydrogens is 336 g/mol. The predicted octanol–water partition coefficient (Wildman–Crippen LogP) is 3.09. The topological polar surface area (TPSA) is 108 Å². The number of hydrogen-bond donors (Lipinski definition) is 1. The summed E-state index contributed by atoms with van der Waals surface area (Å²) in [5.41, 5.74) is -0.177. The summed E-state index contributed by atoms with van der Waals surface area (Å²) in [6.45, 7) is 1.98. The molecular formula is C15H14N2O6S. The Morgan fingerprint density at radius 1 is 1.29 bits per heavy atom. The van der Waals surface area contributed by atoms with E-state index in [9.17, 15) is 19.7 Å². The molecule has 1 aromatic heterocycles. The molecule has 1 amide bonds. The van der Waals surface area contributed by atoms with Crippen molar-refractivity contribution in [1.29, 1.82) is 0 Å². The van der Waals surface area contributed by atoms with Crippen LogP contribution in [0.15, 0.2) is 30.3 Å². The third-order valence-corrected chi connectivity index (χ3v) is 3.93. The molecule has 0 fully saturated rings. The molecule has 0 aliphatic carbocycles. The van der Waals surface area contributed by atoms with Crippen LogP contribution in [-0.2, 0) is 4.74 Å². The van der Waals surface area contributed by atoms with Gasteiger partial charge in [0.1, 0.15) is 4.88 Å². The van der Waals surface area contributed by atoms with Crippen molar-refractivity contribution in [1.82, 2.24) is 0 Å². The van der Waals surface area contributed by atoms with E-state index in [1.165, 1.54) is 25.3 Å². The lowest BCUT2D eigenvalue weighted by molar-refractivity contribution is -0.385. The van der Waals surface area contributed by atoms with Gasteiger partial charge in [-0.25, -0.2) is 4.79 Å². The Kier molecular flexibility index (Phi) is 5.48. The smallest absolute Gasteiger partial charge is 0.348 e. The fourth-order valence-corrected chi connectivity index (χ4v) is 2.70. The second kappa shape index (κ2) is 7.55. The van der Waals surface area contributed by atoms with Gasteiger partial charge in [-0.05, 0) is 31.2 Å². The summed E-state index contributed by atoms with van der Waals surface area (Å²) in [6.07, 6.45) is 0. The monoisotopic (exact) mass is 350 g/mol. The maximum atomic E-state index is 12.2. The fourth-order valence-electron chi connectivity index (χ4n) is 1.88. The first kappa shape index (κ1) is 17.4. The molecule has 2 aromatic rings. The minimum Gasteiger partial charge on any atom is -0.487 e. The van der Waals surface area contributed by atoms with Crippen molar-refractivity contribution in [3.8, 4) is 5.75 Å². The SMILES string of the molecule is CCOc1ccc(C(=O)Nc2ccc(C(=O)OC)s2)cc1[N+](=O)[O-]. The molecule has 8 nitrogen and oxygen atoms in total. The Morgan fingerprint density at radius 2 is 2.04 bits per heavy atom. The van der Waals surface area contributed by atoms with E-state index in [2.05, 4.69) is 10.1 Å². The normalized spacial score (nSPS) is 10.1. The van der Waals surface area contributed by atoms with E-state index in [0.29, 0.717) is 9.88 Å². The summed E-state index contributed by atoms with van der Waals surface area (Å²) in [4.78, 5) is 34.4. The van der Waals surface area contributed by atoms with Crippen LogP contribution in [0.2, 0.25) is 0 Å². The lowest BCUT2D eigenvalue weighted by atomic mass is 10.1. The first-order valence-corrected chi connectivity index (χ1v) is 7.68. The van der Waals surface area contributed by atoms with Crippen LogP contribution in [0.3, 0.4) is 0 Å². The highest BCUT2D eigenvalue weighted by Crippen LogP contribution is 2.29. The number of ether oxygens (including phenoxy) is 2. The van der Waals surface area contributed by atoms with Crippen LogP contribution < -0.4 is 10.1 Å². The minimum absolute atomic E-state index is 0.100. The summed E-state index contributed by atoms with van der Waals surface area (Å²) in [6, 6.07) is 7.03. The standard InChI is InChI=1S/C15H14N2O6S/c1-3-23-11-5-4-9(8-10(11)17(20)21)14(18)16-13-7-6-12(24-13)15(19)22-2/h4-8H,3H2,1-2H3,(H,16,18). The molecule has 0 saturated heterocycles. The maximum Gasteiger partial charge on any atom is 0.348 e. The number of benzene rings is 1. The Labute approximate surface area is 141 Å². The second-order valence-electron chi connectivity index (χ2n) is 4.48. The van der Waals surface area contributed by atoms with E-state index in [0.717, 1.165) is 17.4 Å². The van der Waals surface area contributed by atoms with Crippen LogP contribution >= 0.6 is 11.3 Å². The average molecular weight is 350 g/mol. The molecule has 1 aromatic carbocycles. The number of carbonyl (C=O) groups is 2. The summed E-state index contributed by atoms with van der Waals surface area (Å²) in [7, 11) is 1.26.